The summed E-state index contributed by atoms with van der Waals surface area (Å²) in [6.07, 6.45) is 4.07. The molecule has 0 spiro atoms. The highest BCUT2D eigenvalue weighted by molar-refractivity contribution is 7.80. The van der Waals surface area contributed by atoms with Gasteiger partial charge >= 0.3 is 0 Å². The molecule has 2 fully saturated rings. The molecular formula is C30H28ClN5O3S. The van der Waals surface area contributed by atoms with Crippen LogP contribution in [0.5, 0.6) is 0 Å². The Labute approximate surface area is 242 Å². The van der Waals surface area contributed by atoms with Gasteiger partial charge in [0, 0.05) is 42.7 Å². The minimum atomic E-state index is -0.417. The third-order valence-corrected chi connectivity index (χ3v) is 8.33. The second-order valence-electron chi connectivity index (χ2n) is 10.3. The molecule has 0 amide bonds. The number of nitro benzene ring substituents is 1. The number of non-ortho nitro benzene ring substituents is 1. The quantitative estimate of drug-likeness (QED) is 0.146. The van der Waals surface area contributed by atoms with Gasteiger partial charge in [-0.3, -0.25) is 15.1 Å². The van der Waals surface area contributed by atoms with Gasteiger partial charge in [0.15, 0.2) is 5.11 Å². The van der Waals surface area contributed by atoms with Crippen molar-refractivity contribution in [2.45, 2.75) is 31.8 Å². The van der Waals surface area contributed by atoms with Crippen molar-refractivity contribution in [3.05, 3.63) is 106 Å². The van der Waals surface area contributed by atoms with Gasteiger partial charge in [-0.2, -0.15) is 0 Å². The minimum absolute atomic E-state index is 0.0293. The summed E-state index contributed by atoms with van der Waals surface area (Å²) in [6.45, 7) is 4.28. The molecule has 0 radical (unpaired) electrons. The average Bonchev–Trinajstić information content (AvgIpc) is 3.59. The molecular weight excluding hydrogens is 546 g/mol. The molecule has 2 aliphatic rings. The number of aromatic nitrogens is 1. The van der Waals surface area contributed by atoms with E-state index < -0.39 is 4.92 Å². The van der Waals surface area contributed by atoms with E-state index in [0.717, 1.165) is 54.5 Å². The molecule has 204 valence electrons. The summed E-state index contributed by atoms with van der Waals surface area (Å²) in [5.74, 6) is 2.02. The summed E-state index contributed by atoms with van der Waals surface area (Å²) in [5, 5.41) is 15.8. The third-order valence-electron chi connectivity index (χ3n) is 7.71. The molecule has 2 aromatic carbocycles. The fourth-order valence-corrected chi connectivity index (χ4v) is 6.13. The summed E-state index contributed by atoms with van der Waals surface area (Å²) in [4.78, 5) is 19.7. The number of rotatable bonds is 6. The standard InChI is InChI=1S/C30H28ClN5O3S/c1-19-13-16-34(17-14-19)25-10-9-22(18-23(25)31)35-29(28(33-30(35)40)24-4-2-3-15-32-24)27-12-11-26(39-27)20-5-7-21(8-6-20)36(37)38/h2-12,15,18-19,28-29H,13-14,16-17H2,1H3,(H,33,40)/t28-,29-/m1/s1. The van der Waals surface area contributed by atoms with Crippen molar-refractivity contribution < 1.29 is 9.34 Å². The number of anilines is 2. The molecule has 0 saturated carbocycles. The second-order valence-corrected chi connectivity index (χ2v) is 11.1. The van der Waals surface area contributed by atoms with Gasteiger partial charge in [-0.05, 0) is 85.6 Å². The zero-order chi connectivity index (χ0) is 27.8. The zero-order valence-corrected chi connectivity index (χ0v) is 23.4. The number of piperidine rings is 1. The summed E-state index contributed by atoms with van der Waals surface area (Å²) in [6, 6.07) is 21.4. The smallest absolute Gasteiger partial charge is 0.269 e. The van der Waals surface area contributed by atoms with E-state index in [2.05, 4.69) is 34.3 Å². The average molecular weight is 574 g/mol. The number of thiocarbonyl (C=S) groups is 1. The molecule has 2 aliphatic heterocycles. The lowest BCUT2D eigenvalue weighted by Crippen LogP contribution is -2.33. The van der Waals surface area contributed by atoms with Gasteiger partial charge in [-0.15, -0.1) is 0 Å². The number of nitrogens with zero attached hydrogens (tertiary/aromatic N) is 4. The topological polar surface area (TPSA) is 87.7 Å². The zero-order valence-electron chi connectivity index (χ0n) is 21.9. The lowest BCUT2D eigenvalue weighted by Gasteiger charge is -2.33. The molecule has 4 heterocycles. The molecule has 1 N–H and O–H groups in total. The Hall–Kier alpha value is -3.95. The number of nitrogens with one attached hydrogen (secondary N) is 1. The fraction of sp³-hybridized carbons (Fsp3) is 0.267. The van der Waals surface area contributed by atoms with Gasteiger partial charge in [-0.25, -0.2) is 0 Å². The predicted octanol–water partition coefficient (Wildman–Crippen LogP) is 7.32. The van der Waals surface area contributed by atoms with E-state index in [9.17, 15) is 10.1 Å². The normalized spacial score (nSPS) is 19.6. The molecule has 0 unspecified atom stereocenters. The maximum atomic E-state index is 11.1. The van der Waals surface area contributed by atoms with Crippen LogP contribution in [0.3, 0.4) is 0 Å². The van der Waals surface area contributed by atoms with E-state index >= 15 is 0 Å². The number of nitro groups is 1. The lowest BCUT2D eigenvalue weighted by molar-refractivity contribution is -0.384. The van der Waals surface area contributed by atoms with Crippen molar-refractivity contribution in [2.24, 2.45) is 5.92 Å². The molecule has 8 nitrogen and oxygen atoms in total. The van der Waals surface area contributed by atoms with Crippen LogP contribution >= 0.6 is 23.8 Å². The van der Waals surface area contributed by atoms with Crippen molar-refractivity contribution in [1.29, 1.82) is 0 Å². The molecule has 2 aromatic heterocycles. The monoisotopic (exact) mass is 573 g/mol. The number of hydrogen-bond donors (Lipinski definition) is 1. The lowest BCUT2D eigenvalue weighted by atomic mass is 9.98. The third kappa shape index (κ3) is 5.02. The molecule has 2 saturated heterocycles. The van der Waals surface area contributed by atoms with Crippen LogP contribution < -0.4 is 15.1 Å². The second kappa shape index (κ2) is 10.9. The van der Waals surface area contributed by atoms with Gasteiger partial charge in [0.2, 0.25) is 0 Å². The van der Waals surface area contributed by atoms with Crippen LogP contribution in [0.2, 0.25) is 5.02 Å². The Balaban J connectivity index is 1.36. The number of halogens is 1. The van der Waals surface area contributed by atoms with Gasteiger partial charge in [0.25, 0.3) is 5.69 Å². The highest BCUT2D eigenvalue weighted by Gasteiger charge is 2.43. The van der Waals surface area contributed by atoms with Gasteiger partial charge in [0.1, 0.15) is 17.6 Å². The van der Waals surface area contributed by atoms with Crippen LogP contribution in [0.1, 0.15) is 43.3 Å². The van der Waals surface area contributed by atoms with Gasteiger partial charge < -0.3 is 19.5 Å². The van der Waals surface area contributed by atoms with E-state index in [-0.39, 0.29) is 17.8 Å². The van der Waals surface area contributed by atoms with E-state index in [4.69, 9.17) is 28.2 Å². The highest BCUT2D eigenvalue weighted by Crippen LogP contribution is 2.44. The van der Waals surface area contributed by atoms with Crippen molar-refractivity contribution in [1.82, 2.24) is 10.3 Å². The Morgan fingerprint density at radius 3 is 2.52 bits per heavy atom. The van der Waals surface area contributed by atoms with E-state index in [1.54, 1.807) is 18.3 Å². The Morgan fingerprint density at radius 2 is 1.85 bits per heavy atom. The predicted molar refractivity (Wildman–Crippen MR) is 161 cm³/mol. The molecule has 4 aromatic rings. The molecule has 40 heavy (non-hydrogen) atoms. The van der Waals surface area contributed by atoms with Crippen molar-refractivity contribution in [3.63, 3.8) is 0 Å². The van der Waals surface area contributed by atoms with E-state index in [1.807, 2.05) is 41.3 Å². The maximum Gasteiger partial charge on any atom is 0.269 e. The number of hydrogen-bond acceptors (Lipinski definition) is 6. The minimum Gasteiger partial charge on any atom is -0.459 e. The van der Waals surface area contributed by atoms with Crippen molar-refractivity contribution >= 4 is 46.0 Å². The highest BCUT2D eigenvalue weighted by atomic mass is 35.5. The number of furan rings is 1. The van der Waals surface area contributed by atoms with Crippen LogP contribution in [0, 0.1) is 16.0 Å². The molecule has 2 atom stereocenters. The van der Waals surface area contributed by atoms with Crippen LogP contribution in [0.4, 0.5) is 17.1 Å². The molecule has 0 aliphatic carbocycles. The number of pyridine rings is 1. The Bertz CT molecular complexity index is 1540. The van der Waals surface area contributed by atoms with E-state index in [0.29, 0.717) is 21.7 Å². The summed E-state index contributed by atoms with van der Waals surface area (Å²) < 4.78 is 6.38. The summed E-state index contributed by atoms with van der Waals surface area (Å²) >= 11 is 12.7. The first-order valence-electron chi connectivity index (χ1n) is 13.3. The Morgan fingerprint density at radius 1 is 1.07 bits per heavy atom. The van der Waals surface area contributed by atoms with Gasteiger partial charge in [0.05, 0.1) is 27.4 Å². The SMILES string of the molecule is CC1CCN(c2ccc(N3C(=S)N[C@H](c4ccccn4)[C@H]3c3ccc(-c4ccc([N+](=O)[O-])cc4)o3)cc2Cl)CC1. The van der Waals surface area contributed by atoms with Gasteiger partial charge in [-0.1, -0.05) is 24.6 Å². The van der Waals surface area contributed by atoms with Crippen LogP contribution in [-0.4, -0.2) is 28.1 Å². The number of benzene rings is 2. The molecule has 0 bridgehead atoms. The summed E-state index contributed by atoms with van der Waals surface area (Å²) in [7, 11) is 0. The summed E-state index contributed by atoms with van der Waals surface area (Å²) in [5.41, 5.74) is 3.49. The van der Waals surface area contributed by atoms with Crippen LogP contribution in [0.25, 0.3) is 11.3 Å². The van der Waals surface area contributed by atoms with E-state index in [1.165, 1.54) is 12.1 Å². The largest absolute Gasteiger partial charge is 0.459 e. The van der Waals surface area contributed by atoms with Crippen LogP contribution in [0.15, 0.2) is 83.4 Å². The maximum absolute atomic E-state index is 11.1. The first kappa shape index (κ1) is 26.3. The Kier molecular flexibility index (Phi) is 7.16. The first-order valence-corrected chi connectivity index (χ1v) is 14.1. The fourth-order valence-electron chi connectivity index (χ4n) is 5.49. The first-order chi connectivity index (χ1) is 19.4. The van der Waals surface area contributed by atoms with Crippen LogP contribution in [-0.2, 0) is 0 Å². The molecule has 10 heteroatoms. The van der Waals surface area contributed by atoms with Crippen molar-refractivity contribution in [3.8, 4) is 11.3 Å². The van der Waals surface area contributed by atoms with Crippen molar-refractivity contribution in [2.75, 3.05) is 22.9 Å². The molecule has 6 rings (SSSR count).